The van der Waals surface area contributed by atoms with Gasteiger partial charge in [0.1, 0.15) is 0 Å². The van der Waals surface area contributed by atoms with Crippen molar-refractivity contribution in [1.29, 1.82) is 0 Å². The minimum atomic E-state index is -4.42. The minimum Gasteiger partial charge on any atom is -0.371 e. The molecule has 15 heteroatoms. The normalized spacial score (nSPS) is 17.7. The van der Waals surface area contributed by atoms with Gasteiger partial charge in [-0.1, -0.05) is 23.2 Å². The van der Waals surface area contributed by atoms with Crippen LogP contribution >= 0.6 is 11.9 Å². The van der Waals surface area contributed by atoms with Gasteiger partial charge in [0.05, 0.1) is 5.56 Å². The fourth-order valence-corrected chi connectivity index (χ4v) is 5.28. The molecular formula is C23H29F3N10OS. The number of piperazine rings is 1. The number of halogens is 3. The monoisotopic (exact) mass is 550 g/mol. The van der Waals surface area contributed by atoms with Crippen LogP contribution in [0.25, 0.3) is 0 Å². The zero-order valence-corrected chi connectivity index (χ0v) is 21.7. The molecule has 0 atom stereocenters. The van der Waals surface area contributed by atoms with E-state index in [1.807, 2.05) is 11.2 Å². The average Bonchev–Trinajstić information content (AvgIpc) is 3.62. The van der Waals surface area contributed by atoms with Gasteiger partial charge in [0.15, 0.2) is 11.6 Å². The number of tetrazole rings is 1. The van der Waals surface area contributed by atoms with E-state index in [1.165, 1.54) is 22.7 Å². The number of nitrogens with one attached hydrogen (secondary N) is 2. The van der Waals surface area contributed by atoms with Crippen LogP contribution in [0.1, 0.15) is 35.7 Å². The molecule has 0 aliphatic carbocycles. The first-order valence-corrected chi connectivity index (χ1v) is 13.6. The number of piperidine rings is 1. The van der Waals surface area contributed by atoms with Crippen LogP contribution in [-0.4, -0.2) is 91.8 Å². The van der Waals surface area contributed by atoms with Crippen LogP contribution in [0.4, 0.5) is 29.5 Å². The molecule has 2 fully saturated rings. The standard InChI is InChI=1S/C23H29F3N10OS/c1-38-30-20-6-9-36(29-20)22(37)35-12-10-33(11-13-35)15-17-2-3-18(23(24,25)26)14-19(17)34-7-4-16(5-8-34)21-27-31-32-28-21/h2-3,6,9,14,16H,4-5,7-8,10-13,15H2,1H3,(H,29,30)(H,27,28,31,32). The number of aromatic amines is 1. The Morgan fingerprint density at radius 1 is 1.13 bits per heavy atom. The van der Waals surface area contributed by atoms with E-state index >= 15 is 0 Å². The molecule has 2 N–H and O–H groups in total. The van der Waals surface area contributed by atoms with Gasteiger partial charge in [-0.25, -0.2) is 4.79 Å². The highest BCUT2D eigenvalue weighted by Crippen LogP contribution is 2.36. The third-order valence-electron chi connectivity index (χ3n) is 7.00. The van der Waals surface area contributed by atoms with Gasteiger partial charge in [-0.05, 0) is 30.5 Å². The molecule has 5 rings (SSSR count). The van der Waals surface area contributed by atoms with Crippen molar-refractivity contribution >= 4 is 29.5 Å². The van der Waals surface area contributed by atoms with Crippen LogP contribution in [0.15, 0.2) is 30.5 Å². The van der Waals surface area contributed by atoms with E-state index in [0.717, 1.165) is 24.5 Å². The van der Waals surface area contributed by atoms with Gasteiger partial charge in [0.25, 0.3) is 0 Å². The Balaban J connectivity index is 1.24. The fraction of sp³-hybridized carbons (Fsp3) is 0.522. The van der Waals surface area contributed by atoms with Crippen molar-refractivity contribution in [3.63, 3.8) is 0 Å². The predicted octanol–water partition coefficient (Wildman–Crippen LogP) is 3.27. The number of H-pyrrole nitrogens is 1. The Morgan fingerprint density at radius 3 is 2.55 bits per heavy atom. The third kappa shape index (κ3) is 5.88. The maximum atomic E-state index is 13.6. The van der Waals surface area contributed by atoms with Gasteiger partial charge >= 0.3 is 12.2 Å². The lowest BCUT2D eigenvalue weighted by Crippen LogP contribution is -2.49. The molecule has 1 amide bonds. The lowest BCUT2D eigenvalue weighted by atomic mass is 9.95. The molecule has 3 aromatic rings. The first-order valence-electron chi connectivity index (χ1n) is 12.4. The summed E-state index contributed by atoms with van der Waals surface area (Å²) < 4.78 is 45.0. The molecule has 2 aliphatic rings. The van der Waals surface area contributed by atoms with E-state index in [-0.39, 0.29) is 11.9 Å². The fourth-order valence-electron chi connectivity index (χ4n) is 4.96. The summed E-state index contributed by atoms with van der Waals surface area (Å²) in [6.07, 6.45) is 0.555. The molecule has 2 aliphatic heterocycles. The summed E-state index contributed by atoms with van der Waals surface area (Å²) in [6.45, 7) is 3.96. The second kappa shape index (κ2) is 11.2. The maximum absolute atomic E-state index is 13.6. The number of amides is 1. The highest BCUT2D eigenvalue weighted by atomic mass is 32.2. The quantitative estimate of drug-likeness (QED) is 0.447. The van der Waals surface area contributed by atoms with Crippen molar-refractivity contribution in [2.45, 2.75) is 31.5 Å². The van der Waals surface area contributed by atoms with Crippen molar-refractivity contribution in [3.8, 4) is 0 Å². The molecule has 0 saturated carbocycles. The molecule has 204 valence electrons. The Labute approximate surface area is 221 Å². The lowest BCUT2D eigenvalue weighted by molar-refractivity contribution is -0.137. The molecule has 4 heterocycles. The van der Waals surface area contributed by atoms with E-state index < -0.39 is 11.7 Å². The Kier molecular flexibility index (Phi) is 7.74. The molecule has 2 aromatic heterocycles. The smallest absolute Gasteiger partial charge is 0.371 e. The van der Waals surface area contributed by atoms with Crippen molar-refractivity contribution in [1.82, 2.24) is 40.2 Å². The first kappa shape index (κ1) is 26.3. The topological polar surface area (TPSA) is 111 Å². The number of carbonyl (C=O) groups excluding carboxylic acids is 1. The van der Waals surface area contributed by atoms with Crippen LogP contribution in [0, 0.1) is 0 Å². The molecule has 0 bridgehead atoms. The van der Waals surface area contributed by atoms with Crippen LogP contribution in [0.5, 0.6) is 0 Å². The number of nitrogens with zero attached hydrogens (tertiary/aromatic N) is 8. The third-order valence-corrected chi connectivity index (χ3v) is 7.42. The minimum absolute atomic E-state index is 0.132. The van der Waals surface area contributed by atoms with Gasteiger partial charge in [0, 0.05) is 75.9 Å². The summed E-state index contributed by atoms with van der Waals surface area (Å²) in [5.41, 5.74) is 0.799. The first-order chi connectivity index (χ1) is 18.3. The number of benzene rings is 1. The van der Waals surface area contributed by atoms with Gasteiger partial charge in [-0.15, -0.1) is 15.3 Å². The van der Waals surface area contributed by atoms with Crippen LogP contribution in [0.3, 0.4) is 0 Å². The summed E-state index contributed by atoms with van der Waals surface area (Å²) in [4.78, 5) is 18.8. The van der Waals surface area contributed by atoms with Crippen LogP contribution < -0.4 is 9.62 Å². The number of carbonyl (C=O) groups is 1. The van der Waals surface area contributed by atoms with Crippen molar-refractivity contribution in [2.75, 3.05) is 55.1 Å². The molecular weight excluding hydrogens is 521 g/mol. The molecule has 1 aromatic carbocycles. The number of hydrogen-bond acceptors (Lipinski definition) is 9. The van der Waals surface area contributed by atoms with Crippen LogP contribution in [0.2, 0.25) is 0 Å². The SMILES string of the molecule is CSNc1ccn(C(=O)N2CCN(Cc3ccc(C(F)(F)F)cc3N3CCC(c4nn[nH]n4)CC3)CC2)n1. The zero-order valence-electron chi connectivity index (χ0n) is 20.9. The second-order valence-electron chi connectivity index (χ2n) is 9.37. The van der Waals surface area contributed by atoms with Gasteiger partial charge in [0.2, 0.25) is 0 Å². The number of hydrogen-bond donors (Lipinski definition) is 2. The number of anilines is 2. The molecule has 0 radical (unpaired) electrons. The van der Waals surface area contributed by atoms with Crippen molar-refractivity contribution < 1.29 is 18.0 Å². The van der Waals surface area contributed by atoms with E-state index in [2.05, 4.69) is 35.3 Å². The van der Waals surface area contributed by atoms with E-state index in [0.29, 0.717) is 63.1 Å². The summed E-state index contributed by atoms with van der Waals surface area (Å²) in [7, 11) is 0. The van der Waals surface area contributed by atoms with E-state index in [4.69, 9.17) is 0 Å². The van der Waals surface area contributed by atoms with E-state index in [9.17, 15) is 18.0 Å². The lowest BCUT2D eigenvalue weighted by Gasteiger charge is -2.37. The molecule has 0 spiro atoms. The highest BCUT2D eigenvalue weighted by Gasteiger charge is 2.33. The average molecular weight is 551 g/mol. The number of aromatic nitrogens is 6. The van der Waals surface area contributed by atoms with Crippen molar-refractivity contribution in [3.05, 3.63) is 47.4 Å². The molecule has 11 nitrogen and oxygen atoms in total. The zero-order chi connectivity index (χ0) is 26.7. The van der Waals surface area contributed by atoms with Gasteiger partial charge < -0.3 is 14.5 Å². The second-order valence-corrected chi connectivity index (χ2v) is 9.98. The summed E-state index contributed by atoms with van der Waals surface area (Å²) in [6, 6.07) is 5.55. The molecule has 0 unspecified atom stereocenters. The largest absolute Gasteiger partial charge is 0.416 e. The number of rotatable bonds is 6. The Morgan fingerprint density at radius 2 is 1.89 bits per heavy atom. The van der Waals surface area contributed by atoms with Gasteiger partial charge in [-0.2, -0.15) is 23.1 Å². The summed E-state index contributed by atoms with van der Waals surface area (Å²) in [5, 5.41) is 18.5. The summed E-state index contributed by atoms with van der Waals surface area (Å²) in [5.74, 6) is 1.39. The van der Waals surface area contributed by atoms with Gasteiger partial charge in [-0.3, -0.25) is 4.90 Å². The highest BCUT2D eigenvalue weighted by molar-refractivity contribution is 7.99. The molecule has 38 heavy (non-hydrogen) atoms. The predicted molar refractivity (Wildman–Crippen MR) is 137 cm³/mol. The maximum Gasteiger partial charge on any atom is 0.416 e. The Hall–Kier alpha value is -3.33. The molecule has 2 saturated heterocycles. The summed E-state index contributed by atoms with van der Waals surface area (Å²) >= 11 is 1.40. The Bertz CT molecular complexity index is 1220. The number of alkyl halides is 3. The van der Waals surface area contributed by atoms with Crippen LogP contribution in [-0.2, 0) is 12.7 Å². The van der Waals surface area contributed by atoms with E-state index in [1.54, 1.807) is 23.2 Å². The van der Waals surface area contributed by atoms with Crippen molar-refractivity contribution in [2.24, 2.45) is 0 Å².